The van der Waals surface area contributed by atoms with Gasteiger partial charge in [0.1, 0.15) is 5.75 Å². The zero-order valence-corrected chi connectivity index (χ0v) is 12.2. The quantitative estimate of drug-likeness (QED) is 0.561. The molecular formula is C17H11ClN2O2. The number of aromatic amines is 1. The van der Waals surface area contributed by atoms with E-state index in [1.54, 1.807) is 6.20 Å². The number of benzene rings is 2. The molecule has 0 atom stereocenters. The average molecular weight is 311 g/mol. The first-order valence-electron chi connectivity index (χ1n) is 6.74. The molecule has 0 aliphatic rings. The van der Waals surface area contributed by atoms with E-state index in [4.69, 9.17) is 20.8 Å². The van der Waals surface area contributed by atoms with Gasteiger partial charge in [-0.2, -0.15) is 0 Å². The molecule has 0 aliphatic carbocycles. The molecule has 5 heteroatoms. The summed E-state index contributed by atoms with van der Waals surface area (Å²) >= 11 is 6.31. The molecule has 0 radical (unpaired) electrons. The van der Waals surface area contributed by atoms with E-state index in [0.29, 0.717) is 16.5 Å². The zero-order chi connectivity index (χ0) is 14.9. The number of aromatic nitrogens is 2. The number of fused-ring (bicyclic) bond motifs is 1. The minimum atomic E-state index is 0.555. The van der Waals surface area contributed by atoms with Crippen LogP contribution in [0.4, 0.5) is 0 Å². The van der Waals surface area contributed by atoms with Crippen LogP contribution in [0.25, 0.3) is 22.4 Å². The van der Waals surface area contributed by atoms with Crippen LogP contribution in [0.15, 0.2) is 65.5 Å². The number of ether oxygens (including phenoxy) is 1. The Labute approximate surface area is 131 Å². The van der Waals surface area contributed by atoms with Gasteiger partial charge in [-0.05, 0) is 30.3 Å². The SMILES string of the molecule is Clc1ccc2[nH]c(-c3cnco3)cc2c1Oc1ccccc1. The fourth-order valence-corrected chi connectivity index (χ4v) is 2.55. The van der Waals surface area contributed by atoms with Crippen LogP contribution in [0.3, 0.4) is 0 Å². The van der Waals surface area contributed by atoms with Gasteiger partial charge in [0.05, 0.1) is 16.9 Å². The van der Waals surface area contributed by atoms with Crippen LogP contribution in [0.2, 0.25) is 5.02 Å². The summed E-state index contributed by atoms with van der Waals surface area (Å²) in [5.41, 5.74) is 1.74. The van der Waals surface area contributed by atoms with E-state index in [9.17, 15) is 0 Å². The molecule has 2 aromatic carbocycles. The molecule has 0 aliphatic heterocycles. The Hall–Kier alpha value is -2.72. The number of nitrogens with one attached hydrogen (secondary N) is 1. The highest BCUT2D eigenvalue weighted by Gasteiger charge is 2.13. The lowest BCUT2D eigenvalue weighted by Crippen LogP contribution is -1.85. The van der Waals surface area contributed by atoms with Gasteiger partial charge in [-0.25, -0.2) is 4.98 Å². The molecule has 0 fully saturated rings. The van der Waals surface area contributed by atoms with Crippen molar-refractivity contribution in [1.29, 1.82) is 0 Å². The molecule has 0 amide bonds. The third-order valence-corrected chi connectivity index (χ3v) is 3.66. The van der Waals surface area contributed by atoms with Gasteiger partial charge >= 0.3 is 0 Å². The number of para-hydroxylation sites is 1. The van der Waals surface area contributed by atoms with E-state index >= 15 is 0 Å². The van der Waals surface area contributed by atoms with Crippen LogP contribution in [-0.4, -0.2) is 9.97 Å². The second kappa shape index (κ2) is 5.24. The first-order valence-corrected chi connectivity index (χ1v) is 7.12. The van der Waals surface area contributed by atoms with Crippen molar-refractivity contribution in [2.45, 2.75) is 0 Å². The van der Waals surface area contributed by atoms with Gasteiger partial charge in [0.2, 0.25) is 0 Å². The highest BCUT2D eigenvalue weighted by atomic mass is 35.5. The van der Waals surface area contributed by atoms with E-state index in [1.807, 2.05) is 48.5 Å². The third-order valence-electron chi connectivity index (χ3n) is 3.37. The Morgan fingerprint density at radius 3 is 2.73 bits per heavy atom. The van der Waals surface area contributed by atoms with Crippen molar-refractivity contribution in [3.05, 3.63) is 66.1 Å². The average Bonchev–Trinajstić information content (AvgIpc) is 3.20. The summed E-state index contributed by atoms with van der Waals surface area (Å²) in [6.45, 7) is 0. The summed E-state index contributed by atoms with van der Waals surface area (Å²) in [6.07, 6.45) is 3.05. The lowest BCUT2D eigenvalue weighted by atomic mass is 10.2. The van der Waals surface area contributed by atoms with Crippen LogP contribution >= 0.6 is 11.6 Å². The van der Waals surface area contributed by atoms with Crippen LogP contribution in [0, 0.1) is 0 Å². The fourth-order valence-electron chi connectivity index (χ4n) is 2.34. The number of nitrogens with zero attached hydrogens (tertiary/aromatic N) is 1. The van der Waals surface area contributed by atoms with Crippen LogP contribution in [0.5, 0.6) is 11.5 Å². The molecule has 4 rings (SSSR count). The first kappa shape index (κ1) is 13.0. The van der Waals surface area contributed by atoms with Gasteiger partial charge in [0, 0.05) is 10.9 Å². The molecule has 22 heavy (non-hydrogen) atoms. The number of rotatable bonds is 3. The summed E-state index contributed by atoms with van der Waals surface area (Å²) < 4.78 is 11.3. The Morgan fingerprint density at radius 1 is 1.09 bits per heavy atom. The van der Waals surface area contributed by atoms with Crippen molar-refractivity contribution in [2.75, 3.05) is 0 Å². The van der Waals surface area contributed by atoms with Gasteiger partial charge in [0.25, 0.3) is 0 Å². The molecule has 0 unspecified atom stereocenters. The summed E-state index contributed by atoms with van der Waals surface area (Å²) in [7, 11) is 0. The fraction of sp³-hybridized carbons (Fsp3) is 0. The van der Waals surface area contributed by atoms with E-state index in [2.05, 4.69) is 9.97 Å². The molecule has 4 nitrogen and oxygen atoms in total. The zero-order valence-electron chi connectivity index (χ0n) is 11.4. The second-order valence-corrected chi connectivity index (χ2v) is 5.21. The minimum Gasteiger partial charge on any atom is -0.455 e. The van der Waals surface area contributed by atoms with E-state index < -0.39 is 0 Å². The first-order chi connectivity index (χ1) is 10.8. The van der Waals surface area contributed by atoms with Crippen molar-refractivity contribution >= 4 is 22.5 Å². The highest BCUT2D eigenvalue weighted by Crippen LogP contribution is 2.38. The largest absolute Gasteiger partial charge is 0.455 e. The number of H-pyrrole nitrogens is 1. The Kier molecular flexibility index (Phi) is 3.09. The van der Waals surface area contributed by atoms with Gasteiger partial charge in [-0.1, -0.05) is 29.8 Å². The van der Waals surface area contributed by atoms with E-state index in [-0.39, 0.29) is 0 Å². The van der Waals surface area contributed by atoms with E-state index in [0.717, 1.165) is 22.3 Å². The monoisotopic (exact) mass is 310 g/mol. The topological polar surface area (TPSA) is 51.0 Å². The normalized spacial score (nSPS) is 11.0. The predicted octanol–water partition coefficient (Wildman–Crippen LogP) is 5.27. The standard InChI is InChI=1S/C17H11ClN2O2/c18-13-6-7-14-12(8-15(20-14)16-9-19-10-21-16)17(13)22-11-4-2-1-3-5-11/h1-10,20H. The van der Waals surface area contributed by atoms with Crippen LogP contribution in [0.1, 0.15) is 0 Å². The summed E-state index contributed by atoms with van der Waals surface area (Å²) in [5, 5.41) is 1.45. The van der Waals surface area contributed by atoms with Gasteiger partial charge in [-0.3, -0.25) is 0 Å². The molecule has 2 aromatic heterocycles. The highest BCUT2D eigenvalue weighted by molar-refractivity contribution is 6.33. The molecule has 0 saturated heterocycles. The van der Waals surface area contributed by atoms with Crippen molar-refractivity contribution in [3.8, 4) is 23.0 Å². The maximum Gasteiger partial charge on any atom is 0.181 e. The summed E-state index contributed by atoms with van der Waals surface area (Å²) in [5.74, 6) is 2.02. The summed E-state index contributed by atoms with van der Waals surface area (Å²) in [6, 6.07) is 15.2. The second-order valence-electron chi connectivity index (χ2n) is 4.80. The third kappa shape index (κ3) is 2.23. The Bertz CT molecular complexity index is 915. The number of halogens is 1. The molecular weight excluding hydrogens is 300 g/mol. The Morgan fingerprint density at radius 2 is 1.95 bits per heavy atom. The van der Waals surface area contributed by atoms with Crippen molar-refractivity contribution in [3.63, 3.8) is 0 Å². The van der Waals surface area contributed by atoms with E-state index in [1.165, 1.54) is 6.39 Å². The maximum absolute atomic E-state index is 6.31. The van der Waals surface area contributed by atoms with Gasteiger partial charge in [-0.15, -0.1) is 0 Å². The molecule has 1 N–H and O–H groups in total. The van der Waals surface area contributed by atoms with Crippen molar-refractivity contribution in [2.24, 2.45) is 0 Å². The smallest absolute Gasteiger partial charge is 0.181 e. The molecule has 108 valence electrons. The van der Waals surface area contributed by atoms with Gasteiger partial charge < -0.3 is 14.1 Å². The molecule has 0 saturated carbocycles. The predicted molar refractivity (Wildman–Crippen MR) is 85.3 cm³/mol. The number of hydrogen-bond donors (Lipinski definition) is 1. The maximum atomic E-state index is 6.31. The molecule has 0 spiro atoms. The lowest BCUT2D eigenvalue weighted by molar-refractivity contribution is 0.488. The Balaban J connectivity index is 1.84. The molecule has 2 heterocycles. The number of oxazole rings is 1. The van der Waals surface area contributed by atoms with Crippen LogP contribution < -0.4 is 4.74 Å². The van der Waals surface area contributed by atoms with Gasteiger partial charge in [0.15, 0.2) is 17.9 Å². The van der Waals surface area contributed by atoms with Crippen molar-refractivity contribution < 1.29 is 9.15 Å². The number of hydrogen-bond acceptors (Lipinski definition) is 3. The molecule has 0 bridgehead atoms. The lowest BCUT2D eigenvalue weighted by Gasteiger charge is -2.08. The molecule has 4 aromatic rings. The summed E-state index contributed by atoms with van der Waals surface area (Å²) in [4.78, 5) is 7.21. The minimum absolute atomic E-state index is 0.555. The van der Waals surface area contributed by atoms with Crippen molar-refractivity contribution in [1.82, 2.24) is 9.97 Å². The van der Waals surface area contributed by atoms with Crippen LogP contribution in [-0.2, 0) is 0 Å².